The molecule has 0 aliphatic heterocycles. The zero-order valence-corrected chi connectivity index (χ0v) is 15.2. The molecule has 1 heterocycles. The van der Waals surface area contributed by atoms with Crippen LogP contribution in [0.3, 0.4) is 0 Å². The Kier molecular flexibility index (Phi) is 7.36. The Morgan fingerprint density at radius 3 is 2.78 bits per heavy atom. The predicted octanol–water partition coefficient (Wildman–Crippen LogP) is 3.66. The zero-order chi connectivity index (χ0) is 16.5. The second-order valence-electron chi connectivity index (χ2n) is 5.05. The third-order valence-corrected chi connectivity index (χ3v) is 4.70. The van der Waals surface area contributed by atoms with Gasteiger partial charge in [-0.05, 0) is 25.0 Å². The van der Waals surface area contributed by atoms with Crippen molar-refractivity contribution >= 4 is 28.9 Å². The summed E-state index contributed by atoms with van der Waals surface area (Å²) in [5, 5.41) is 10.7. The minimum atomic E-state index is 0.561. The molecule has 0 bridgehead atoms. The number of hydrogen-bond acceptors (Lipinski definition) is 3. The highest BCUT2D eigenvalue weighted by Crippen LogP contribution is 2.15. The number of halogens is 1. The minimum absolute atomic E-state index is 0.561. The molecule has 0 aliphatic rings. The first-order valence-electron chi connectivity index (χ1n) is 7.91. The molecule has 2 aromatic rings. The Bertz CT molecular complexity index is 639. The van der Waals surface area contributed by atoms with Crippen molar-refractivity contribution in [1.82, 2.24) is 15.6 Å². The van der Waals surface area contributed by atoms with Crippen LogP contribution in [0, 0.1) is 0 Å². The van der Waals surface area contributed by atoms with Crippen LogP contribution < -0.4 is 10.6 Å². The molecule has 1 aromatic carbocycles. The number of aromatic nitrogens is 1. The molecule has 6 heteroatoms. The largest absolute Gasteiger partial charge is 0.357 e. The van der Waals surface area contributed by atoms with E-state index < -0.39 is 0 Å². The summed E-state index contributed by atoms with van der Waals surface area (Å²) in [6.45, 7) is 6.38. The van der Waals surface area contributed by atoms with Crippen molar-refractivity contribution < 1.29 is 0 Å². The molecule has 23 heavy (non-hydrogen) atoms. The molecule has 0 saturated heterocycles. The fourth-order valence-electron chi connectivity index (χ4n) is 2.07. The van der Waals surface area contributed by atoms with E-state index in [1.54, 1.807) is 11.3 Å². The molecule has 1 aromatic heterocycles. The first-order valence-corrected chi connectivity index (χ1v) is 9.17. The van der Waals surface area contributed by atoms with Crippen LogP contribution in [-0.4, -0.2) is 24.0 Å². The highest BCUT2D eigenvalue weighted by atomic mass is 35.5. The number of nitrogens with one attached hydrogen (secondary N) is 2. The van der Waals surface area contributed by atoms with Crippen molar-refractivity contribution in [3.63, 3.8) is 0 Å². The van der Waals surface area contributed by atoms with Crippen LogP contribution in [-0.2, 0) is 19.4 Å². The van der Waals surface area contributed by atoms with Crippen molar-refractivity contribution in [2.24, 2.45) is 4.99 Å². The van der Waals surface area contributed by atoms with Gasteiger partial charge in [0.1, 0.15) is 0 Å². The number of aryl methyl sites for hydroxylation is 1. The highest BCUT2D eigenvalue weighted by Gasteiger charge is 2.03. The highest BCUT2D eigenvalue weighted by molar-refractivity contribution is 7.09. The lowest BCUT2D eigenvalue weighted by molar-refractivity contribution is 0.789. The van der Waals surface area contributed by atoms with Crippen LogP contribution in [0.4, 0.5) is 0 Å². The normalized spacial score (nSPS) is 11.5. The molecular formula is C17H23ClN4S. The predicted molar refractivity (Wildman–Crippen MR) is 99.5 cm³/mol. The molecule has 2 N–H and O–H groups in total. The molecule has 0 atom stereocenters. The van der Waals surface area contributed by atoms with Gasteiger partial charge in [0.25, 0.3) is 0 Å². The van der Waals surface area contributed by atoms with E-state index in [2.05, 4.69) is 39.8 Å². The average molecular weight is 351 g/mol. The van der Waals surface area contributed by atoms with E-state index in [0.29, 0.717) is 6.54 Å². The quantitative estimate of drug-likeness (QED) is 0.592. The molecule has 0 radical (unpaired) electrons. The first-order chi connectivity index (χ1) is 11.2. The minimum Gasteiger partial charge on any atom is -0.357 e. The van der Waals surface area contributed by atoms with Crippen LogP contribution in [0.25, 0.3) is 0 Å². The Labute approximate surface area is 147 Å². The van der Waals surface area contributed by atoms with Crippen LogP contribution >= 0.6 is 22.9 Å². The van der Waals surface area contributed by atoms with Gasteiger partial charge in [-0.25, -0.2) is 9.98 Å². The van der Waals surface area contributed by atoms with Crippen molar-refractivity contribution in [2.45, 2.75) is 33.2 Å². The summed E-state index contributed by atoms with van der Waals surface area (Å²) in [6.07, 6.45) is 1.90. The van der Waals surface area contributed by atoms with Gasteiger partial charge in [0, 0.05) is 29.9 Å². The molecular weight excluding hydrogens is 328 g/mol. The number of guanidine groups is 1. The molecule has 0 aliphatic carbocycles. The topological polar surface area (TPSA) is 49.3 Å². The Morgan fingerprint density at radius 1 is 1.26 bits per heavy atom. The summed E-state index contributed by atoms with van der Waals surface area (Å²) in [7, 11) is 0. The molecule has 124 valence electrons. The summed E-state index contributed by atoms with van der Waals surface area (Å²) < 4.78 is 0. The second kappa shape index (κ2) is 9.53. The fraction of sp³-hybridized carbons (Fsp3) is 0.412. The third-order valence-electron chi connectivity index (χ3n) is 3.28. The first kappa shape index (κ1) is 17.8. The SMILES string of the molecule is CCNC(=NCc1ccccc1Cl)NCCc1csc(CC)n1. The van der Waals surface area contributed by atoms with Gasteiger partial charge in [-0.3, -0.25) is 0 Å². The third kappa shape index (κ3) is 5.84. The van der Waals surface area contributed by atoms with Crippen LogP contribution in [0.2, 0.25) is 5.02 Å². The van der Waals surface area contributed by atoms with Crippen molar-refractivity contribution in [2.75, 3.05) is 13.1 Å². The monoisotopic (exact) mass is 350 g/mol. The Morgan fingerprint density at radius 2 is 2.09 bits per heavy atom. The lowest BCUT2D eigenvalue weighted by Gasteiger charge is -2.11. The van der Waals surface area contributed by atoms with Gasteiger partial charge >= 0.3 is 0 Å². The lowest BCUT2D eigenvalue weighted by atomic mass is 10.2. The van der Waals surface area contributed by atoms with Crippen LogP contribution in [0.5, 0.6) is 0 Å². The number of nitrogens with zero attached hydrogens (tertiary/aromatic N) is 2. The van der Waals surface area contributed by atoms with Gasteiger partial charge in [0.15, 0.2) is 5.96 Å². The maximum absolute atomic E-state index is 6.17. The van der Waals surface area contributed by atoms with E-state index in [1.165, 1.54) is 5.01 Å². The van der Waals surface area contributed by atoms with Gasteiger partial charge in [-0.1, -0.05) is 36.7 Å². The standard InChI is InChI=1S/C17H23ClN4S/c1-3-16-22-14(12-23-16)9-10-20-17(19-4-2)21-11-13-7-5-6-8-15(13)18/h5-8,12H,3-4,9-11H2,1-2H3,(H2,19,20,21). The van der Waals surface area contributed by atoms with Gasteiger partial charge < -0.3 is 10.6 Å². The summed E-state index contributed by atoms with van der Waals surface area (Å²) in [5.74, 6) is 0.804. The zero-order valence-electron chi connectivity index (χ0n) is 13.6. The summed E-state index contributed by atoms with van der Waals surface area (Å²) in [4.78, 5) is 9.17. The van der Waals surface area contributed by atoms with E-state index in [1.807, 2.05) is 24.3 Å². The van der Waals surface area contributed by atoms with E-state index in [4.69, 9.17) is 11.6 Å². The van der Waals surface area contributed by atoms with E-state index in [9.17, 15) is 0 Å². The van der Waals surface area contributed by atoms with Crippen molar-refractivity contribution in [1.29, 1.82) is 0 Å². The van der Waals surface area contributed by atoms with Crippen molar-refractivity contribution in [3.8, 4) is 0 Å². The summed E-state index contributed by atoms with van der Waals surface area (Å²) >= 11 is 7.90. The average Bonchev–Trinajstić information content (AvgIpc) is 3.02. The molecule has 0 unspecified atom stereocenters. The molecule has 0 spiro atoms. The number of rotatable bonds is 7. The van der Waals surface area contributed by atoms with Crippen molar-refractivity contribution in [3.05, 3.63) is 50.9 Å². The molecule has 0 amide bonds. The van der Waals surface area contributed by atoms with Gasteiger partial charge in [-0.15, -0.1) is 11.3 Å². The molecule has 4 nitrogen and oxygen atoms in total. The molecule has 0 fully saturated rings. The number of hydrogen-bond donors (Lipinski definition) is 2. The Balaban J connectivity index is 1.87. The maximum atomic E-state index is 6.17. The van der Waals surface area contributed by atoms with Gasteiger partial charge in [0.2, 0.25) is 0 Å². The summed E-state index contributed by atoms with van der Waals surface area (Å²) in [5.41, 5.74) is 2.17. The maximum Gasteiger partial charge on any atom is 0.191 e. The van der Waals surface area contributed by atoms with Gasteiger partial charge in [-0.2, -0.15) is 0 Å². The second-order valence-corrected chi connectivity index (χ2v) is 6.40. The fourth-order valence-corrected chi connectivity index (χ4v) is 3.04. The van der Waals surface area contributed by atoms with Crippen LogP contribution in [0.15, 0.2) is 34.6 Å². The summed E-state index contributed by atoms with van der Waals surface area (Å²) in [6, 6.07) is 7.79. The van der Waals surface area contributed by atoms with Crippen LogP contribution in [0.1, 0.15) is 30.1 Å². The number of aliphatic imine (C=N–C) groups is 1. The van der Waals surface area contributed by atoms with E-state index in [-0.39, 0.29) is 0 Å². The molecule has 0 saturated carbocycles. The number of benzene rings is 1. The lowest BCUT2D eigenvalue weighted by Crippen LogP contribution is -2.38. The smallest absolute Gasteiger partial charge is 0.191 e. The van der Waals surface area contributed by atoms with Gasteiger partial charge in [0.05, 0.1) is 17.2 Å². The number of thiazole rings is 1. The van der Waals surface area contributed by atoms with E-state index in [0.717, 1.165) is 48.2 Å². The van der Waals surface area contributed by atoms with E-state index >= 15 is 0 Å². The Hall–Kier alpha value is -1.59. The molecule has 2 rings (SSSR count).